The van der Waals surface area contributed by atoms with E-state index in [-0.39, 0.29) is 5.91 Å². The van der Waals surface area contributed by atoms with Gasteiger partial charge >= 0.3 is 0 Å². The first-order valence-electron chi connectivity index (χ1n) is 8.45. The molecule has 1 N–H and O–H groups in total. The predicted molar refractivity (Wildman–Crippen MR) is 103 cm³/mol. The largest absolute Gasteiger partial charge is 0.436 e. The quantitative estimate of drug-likeness (QED) is 0.545. The maximum absolute atomic E-state index is 12.4. The molecule has 4 rings (SSSR count). The Labute approximate surface area is 151 Å². The second kappa shape index (κ2) is 6.48. The number of anilines is 1. The predicted octanol–water partition coefficient (Wildman–Crippen LogP) is 5.36. The summed E-state index contributed by atoms with van der Waals surface area (Å²) in [6.45, 7) is 3.93. The number of hydrogen-bond acceptors (Lipinski definition) is 3. The first-order valence-corrected chi connectivity index (χ1v) is 8.45. The zero-order valence-corrected chi connectivity index (χ0v) is 14.6. The van der Waals surface area contributed by atoms with Crippen LogP contribution in [-0.2, 0) is 0 Å². The van der Waals surface area contributed by atoms with E-state index in [2.05, 4.69) is 10.3 Å². The van der Waals surface area contributed by atoms with Gasteiger partial charge in [0.25, 0.3) is 5.91 Å². The van der Waals surface area contributed by atoms with Gasteiger partial charge in [0.2, 0.25) is 5.89 Å². The summed E-state index contributed by atoms with van der Waals surface area (Å²) in [7, 11) is 0. The van der Waals surface area contributed by atoms with Gasteiger partial charge in [-0.1, -0.05) is 29.8 Å². The summed E-state index contributed by atoms with van der Waals surface area (Å²) >= 11 is 0. The van der Waals surface area contributed by atoms with Crippen LogP contribution in [-0.4, -0.2) is 10.9 Å². The van der Waals surface area contributed by atoms with Crippen molar-refractivity contribution in [2.24, 2.45) is 0 Å². The molecule has 0 spiro atoms. The summed E-state index contributed by atoms with van der Waals surface area (Å²) < 4.78 is 5.81. The molecule has 0 fully saturated rings. The minimum atomic E-state index is -0.119. The van der Waals surface area contributed by atoms with Crippen LogP contribution < -0.4 is 5.32 Å². The number of oxazole rings is 1. The zero-order chi connectivity index (χ0) is 18.1. The summed E-state index contributed by atoms with van der Waals surface area (Å²) in [6, 6.07) is 21.0. The maximum atomic E-state index is 12.4. The van der Waals surface area contributed by atoms with Crippen molar-refractivity contribution in [2.75, 3.05) is 5.32 Å². The summed E-state index contributed by atoms with van der Waals surface area (Å²) in [5.41, 5.74) is 5.90. The van der Waals surface area contributed by atoms with Crippen LogP contribution in [0.15, 0.2) is 71.1 Å². The summed E-state index contributed by atoms with van der Waals surface area (Å²) in [5, 5.41) is 2.97. The highest BCUT2D eigenvalue weighted by molar-refractivity contribution is 6.04. The number of carbonyl (C=O) groups is 1. The van der Waals surface area contributed by atoms with Crippen LogP contribution >= 0.6 is 0 Å². The van der Waals surface area contributed by atoms with Gasteiger partial charge in [0.15, 0.2) is 5.58 Å². The van der Waals surface area contributed by atoms with Gasteiger partial charge in [-0.3, -0.25) is 4.79 Å². The SMILES string of the molecule is Cc1cccc(C(=O)Nc2ccc(-c3nc4ccccc4o3)cc2C)c1. The fourth-order valence-corrected chi connectivity index (χ4v) is 2.91. The molecule has 0 unspecified atom stereocenters. The van der Waals surface area contributed by atoms with Crippen LogP contribution in [0.5, 0.6) is 0 Å². The van der Waals surface area contributed by atoms with E-state index in [1.54, 1.807) is 0 Å². The Bertz CT molecular complexity index is 1080. The van der Waals surface area contributed by atoms with E-state index in [9.17, 15) is 4.79 Å². The number of hydrogen-bond donors (Lipinski definition) is 1. The Morgan fingerprint density at radius 3 is 2.58 bits per heavy atom. The van der Waals surface area contributed by atoms with Crippen molar-refractivity contribution in [1.29, 1.82) is 0 Å². The van der Waals surface area contributed by atoms with Gasteiger partial charge in [0.05, 0.1) is 0 Å². The fraction of sp³-hybridized carbons (Fsp3) is 0.0909. The van der Waals surface area contributed by atoms with Gasteiger partial charge in [-0.25, -0.2) is 4.98 Å². The molecule has 3 aromatic carbocycles. The van der Waals surface area contributed by atoms with Crippen LogP contribution in [0, 0.1) is 13.8 Å². The van der Waals surface area contributed by atoms with Gasteiger partial charge in [-0.05, 0) is 61.9 Å². The van der Waals surface area contributed by atoms with Crippen molar-refractivity contribution in [3.05, 3.63) is 83.4 Å². The Kier molecular flexibility index (Phi) is 4.01. The molecular formula is C22H18N2O2. The molecule has 0 saturated carbocycles. The number of fused-ring (bicyclic) bond motifs is 1. The molecule has 128 valence electrons. The van der Waals surface area contributed by atoms with Crippen molar-refractivity contribution in [3.8, 4) is 11.5 Å². The van der Waals surface area contributed by atoms with Crippen molar-refractivity contribution in [2.45, 2.75) is 13.8 Å². The topological polar surface area (TPSA) is 55.1 Å². The molecule has 4 aromatic rings. The van der Waals surface area contributed by atoms with Crippen LogP contribution in [0.3, 0.4) is 0 Å². The minimum absolute atomic E-state index is 0.119. The summed E-state index contributed by atoms with van der Waals surface area (Å²) in [4.78, 5) is 17.0. The normalized spacial score (nSPS) is 10.8. The van der Waals surface area contributed by atoms with Gasteiger partial charge < -0.3 is 9.73 Å². The van der Waals surface area contributed by atoms with E-state index in [4.69, 9.17) is 4.42 Å². The highest BCUT2D eigenvalue weighted by Crippen LogP contribution is 2.27. The van der Waals surface area contributed by atoms with E-state index in [0.717, 1.165) is 33.5 Å². The van der Waals surface area contributed by atoms with Crippen molar-refractivity contribution in [1.82, 2.24) is 4.98 Å². The van der Waals surface area contributed by atoms with E-state index in [1.807, 2.05) is 80.6 Å². The Morgan fingerprint density at radius 1 is 0.962 bits per heavy atom. The summed E-state index contributed by atoms with van der Waals surface area (Å²) in [6.07, 6.45) is 0. The van der Waals surface area contributed by atoms with Crippen LogP contribution in [0.1, 0.15) is 21.5 Å². The lowest BCUT2D eigenvalue weighted by Crippen LogP contribution is -2.12. The second-order valence-corrected chi connectivity index (χ2v) is 6.34. The molecule has 0 radical (unpaired) electrons. The lowest BCUT2D eigenvalue weighted by Gasteiger charge is -2.10. The van der Waals surface area contributed by atoms with E-state index < -0.39 is 0 Å². The Hall–Kier alpha value is -3.40. The number of nitrogens with zero attached hydrogens (tertiary/aromatic N) is 1. The molecule has 4 heteroatoms. The fourth-order valence-electron chi connectivity index (χ4n) is 2.91. The smallest absolute Gasteiger partial charge is 0.255 e. The molecule has 4 nitrogen and oxygen atoms in total. The Morgan fingerprint density at radius 2 is 1.81 bits per heavy atom. The third-order valence-corrected chi connectivity index (χ3v) is 4.30. The lowest BCUT2D eigenvalue weighted by atomic mass is 10.1. The lowest BCUT2D eigenvalue weighted by molar-refractivity contribution is 0.102. The molecule has 26 heavy (non-hydrogen) atoms. The third-order valence-electron chi connectivity index (χ3n) is 4.30. The molecule has 0 saturated heterocycles. The van der Waals surface area contributed by atoms with Crippen LogP contribution in [0.4, 0.5) is 5.69 Å². The van der Waals surface area contributed by atoms with Gasteiger partial charge in [0.1, 0.15) is 5.52 Å². The third kappa shape index (κ3) is 3.09. The molecule has 0 aliphatic heterocycles. The van der Waals surface area contributed by atoms with E-state index in [1.165, 1.54) is 0 Å². The maximum Gasteiger partial charge on any atom is 0.255 e. The van der Waals surface area contributed by atoms with Crippen LogP contribution in [0.25, 0.3) is 22.6 Å². The highest BCUT2D eigenvalue weighted by atomic mass is 16.3. The number of amides is 1. The number of nitrogens with one attached hydrogen (secondary N) is 1. The molecule has 1 amide bonds. The average molecular weight is 342 g/mol. The summed E-state index contributed by atoms with van der Waals surface area (Å²) in [5.74, 6) is 0.456. The molecule has 0 aliphatic rings. The molecule has 0 aliphatic carbocycles. The highest BCUT2D eigenvalue weighted by Gasteiger charge is 2.11. The molecule has 1 heterocycles. The van der Waals surface area contributed by atoms with Gasteiger partial charge in [-0.2, -0.15) is 0 Å². The number of aryl methyl sites for hydroxylation is 2. The number of rotatable bonds is 3. The van der Waals surface area contributed by atoms with Crippen molar-refractivity contribution >= 4 is 22.7 Å². The number of aromatic nitrogens is 1. The van der Waals surface area contributed by atoms with Crippen LogP contribution in [0.2, 0.25) is 0 Å². The molecule has 0 bridgehead atoms. The first kappa shape index (κ1) is 16.1. The number of carbonyl (C=O) groups excluding carboxylic acids is 1. The molecular weight excluding hydrogens is 324 g/mol. The number of para-hydroxylation sites is 2. The standard InChI is InChI=1S/C22H18N2O2/c1-14-6-5-7-16(12-14)21(25)23-18-11-10-17(13-15(18)2)22-24-19-8-3-4-9-20(19)26-22/h3-13H,1-2H3,(H,23,25). The van der Waals surface area contributed by atoms with Crippen molar-refractivity contribution in [3.63, 3.8) is 0 Å². The van der Waals surface area contributed by atoms with E-state index >= 15 is 0 Å². The Balaban J connectivity index is 1.60. The minimum Gasteiger partial charge on any atom is -0.436 e. The molecule has 0 atom stereocenters. The first-order chi connectivity index (χ1) is 12.6. The number of benzene rings is 3. The van der Waals surface area contributed by atoms with E-state index in [0.29, 0.717) is 11.5 Å². The molecule has 1 aromatic heterocycles. The van der Waals surface area contributed by atoms with Crippen molar-refractivity contribution < 1.29 is 9.21 Å². The average Bonchev–Trinajstić information content (AvgIpc) is 3.07. The zero-order valence-electron chi connectivity index (χ0n) is 14.6. The van der Waals surface area contributed by atoms with Gasteiger partial charge in [0, 0.05) is 16.8 Å². The second-order valence-electron chi connectivity index (χ2n) is 6.34. The van der Waals surface area contributed by atoms with Gasteiger partial charge in [-0.15, -0.1) is 0 Å². The monoisotopic (exact) mass is 342 g/mol.